The van der Waals surface area contributed by atoms with E-state index in [0.717, 1.165) is 34.6 Å². The molecule has 0 amide bonds. The molecule has 0 bridgehead atoms. The lowest BCUT2D eigenvalue weighted by atomic mass is 10.1. The van der Waals surface area contributed by atoms with Gasteiger partial charge in [-0.2, -0.15) is 5.26 Å². The van der Waals surface area contributed by atoms with E-state index in [2.05, 4.69) is 37.1 Å². The third kappa shape index (κ3) is 3.39. The summed E-state index contributed by atoms with van der Waals surface area (Å²) in [6, 6.07) is 21.4. The minimum absolute atomic E-state index is 0.0656. The van der Waals surface area contributed by atoms with Crippen molar-refractivity contribution in [1.82, 2.24) is 10.2 Å². The highest BCUT2D eigenvalue weighted by Gasteiger charge is 2.30. The number of anilines is 1. The van der Waals surface area contributed by atoms with Crippen molar-refractivity contribution in [2.24, 2.45) is 0 Å². The molecule has 2 heterocycles. The average Bonchev–Trinajstić information content (AvgIpc) is 2.66. The van der Waals surface area contributed by atoms with Gasteiger partial charge in [0.1, 0.15) is 11.9 Å². The molecular formula is C20H15BrN4O. The topological polar surface area (TPSA) is 62.0 Å². The van der Waals surface area contributed by atoms with Crippen LogP contribution in [0.1, 0.15) is 5.56 Å². The summed E-state index contributed by atoms with van der Waals surface area (Å²) in [6.45, 7) is 1.48. The van der Waals surface area contributed by atoms with Gasteiger partial charge in [-0.1, -0.05) is 30.3 Å². The van der Waals surface area contributed by atoms with Crippen LogP contribution in [0, 0.1) is 11.3 Å². The van der Waals surface area contributed by atoms with Crippen molar-refractivity contribution in [2.45, 2.75) is 6.10 Å². The van der Waals surface area contributed by atoms with Crippen molar-refractivity contribution in [2.75, 3.05) is 18.0 Å². The van der Waals surface area contributed by atoms with Crippen LogP contribution in [0.2, 0.25) is 0 Å². The largest absolute Gasteiger partial charge is 0.485 e. The van der Waals surface area contributed by atoms with E-state index in [1.54, 1.807) is 12.1 Å². The molecule has 1 aromatic heterocycles. The fourth-order valence-corrected chi connectivity index (χ4v) is 3.14. The Morgan fingerprint density at radius 3 is 2.54 bits per heavy atom. The second-order valence-corrected chi connectivity index (χ2v) is 6.90. The van der Waals surface area contributed by atoms with Crippen molar-refractivity contribution in [3.63, 3.8) is 0 Å². The molecule has 4 rings (SSSR count). The summed E-state index contributed by atoms with van der Waals surface area (Å²) in [6.07, 6.45) is 0.0656. The first kappa shape index (κ1) is 16.6. The first-order valence-electron chi connectivity index (χ1n) is 8.23. The molecule has 1 aliphatic rings. The fraction of sp³-hybridized carbons (Fsp3) is 0.150. The highest BCUT2D eigenvalue weighted by Crippen LogP contribution is 2.29. The predicted molar refractivity (Wildman–Crippen MR) is 103 cm³/mol. The molecule has 1 saturated heterocycles. The lowest BCUT2D eigenvalue weighted by molar-refractivity contribution is 0.165. The lowest BCUT2D eigenvalue weighted by Gasteiger charge is -2.39. The Balaban J connectivity index is 1.39. The number of nitrogens with zero attached hydrogens (tertiary/aromatic N) is 4. The zero-order valence-corrected chi connectivity index (χ0v) is 15.4. The SMILES string of the molecule is N#Cc1ccc(Br)c(OC2CN(c3ccc(-c4ccccc4)nn3)C2)c1. The zero-order valence-electron chi connectivity index (χ0n) is 13.8. The Morgan fingerprint density at radius 2 is 1.85 bits per heavy atom. The number of hydrogen-bond donors (Lipinski definition) is 0. The summed E-state index contributed by atoms with van der Waals surface area (Å²) in [4.78, 5) is 2.12. The lowest BCUT2D eigenvalue weighted by Crippen LogP contribution is -2.54. The molecule has 5 nitrogen and oxygen atoms in total. The summed E-state index contributed by atoms with van der Waals surface area (Å²) in [7, 11) is 0. The van der Waals surface area contributed by atoms with Gasteiger partial charge in [-0.25, -0.2) is 0 Å². The number of hydrogen-bond acceptors (Lipinski definition) is 5. The zero-order chi connectivity index (χ0) is 17.9. The predicted octanol–water partition coefficient (Wildman–Crippen LogP) is 4.05. The molecule has 128 valence electrons. The number of aromatic nitrogens is 2. The third-order valence-corrected chi connectivity index (χ3v) is 4.90. The number of nitriles is 1. The fourth-order valence-electron chi connectivity index (χ4n) is 2.80. The maximum Gasteiger partial charge on any atom is 0.151 e. The summed E-state index contributed by atoms with van der Waals surface area (Å²) >= 11 is 3.46. The molecule has 3 aromatic rings. The van der Waals surface area contributed by atoms with Gasteiger partial charge < -0.3 is 9.64 Å². The van der Waals surface area contributed by atoms with Crippen molar-refractivity contribution < 1.29 is 4.74 Å². The second kappa shape index (κ2) is 7.14. The molecule has 0 spiro atoms. The Morgan fingerprint density at radius 1 is 1.04 bits per heavy atom. The van der Waals surface area contributed by atoms with Gasteiger partial charge in [-0.05, 0) is 46.3 Å². The molecule has 0 saturated carbocycles. The normalized spacial score (nSPS) is 13.8. The number of ether oxygens (including phenoxy) is 1. The number of benzene rings is 2. The van der Waals surface area contributed by atoms with Gasteiger partial charge >= 0.3 is 0 Å². The molecule has 26 heavy (non-hydrogen) atoms. The van der Waals surface area contributed by atoms with Crippen LogP contribution in [0.5, 0.6) is 5.75 Å². The van der Waals surface area contributed by atoms with Gasteiger partial charge in [0.15, 0.2) is 5.82 Å². The molecule has 6 heteroatoms. The maximum absolute atomic E-state index is 9.01. The third-order valence-electron chi connectivity index (χ3n) is 4.25. The van der Waals surface area contributed by atoms with Crippen molar-refractivity contribution in [1.29, 1.82) is 5.26 Å². The molecule has 1 fully saturated rings. The summed E-state index contributed by atoms with van der Waals surface area (Å²) in [5, 5.41) is 17.7. The summed E-state index contributed by atoms with van der Waals surface area (Å²) in [5.41, 5.74) is 2.50. The summed E-state index contributed by atoms with van der Waals surface area (Å²) < 4.78 is 6.83. The standard InChI is InChI=1S/C20H15BrN4O/c21-17-7-6-14(11-22)10-19(17)26-16-12-25(13-16)20-9-8-18(23-24-20)15-4-2-1-3-5-15/h1-10,16H,12-13H2. The van der Waals surface area contributed by atoms with E-state index >= 15 is 0 Å². The Bertz CT molecular complexity index is 948. The van der Waals surface area contributed by atoms with Crippen molar-refractivity contribution >= 4 is 21.7 Å². The number of halogens is 1. The molecule has 1 aliphatic heterocycles. The molecule has 0 radical (unpaired) electrons. The van der Waals surface area contributed by atoms with E-state index in [4.69, 9.17) is 10.00 Å². The maximum atomic E-state index is 9.01. The van der Waals surface area contributed by atoms with Crippen LogP contribution in [-0.2, 0) is 0 Å². The van der Waals surface area contributed by atoms with Crippen LogP contribution < -0.4 is 9.64 Å². The highest BCUT2D eigenvalue weighted by molar-refractivity contribution is 9.10. The number of rotatable bonds is 4. The molecule has 2 aromatic carbocycles. The van der Waals surface area contributed by atoms with Crippen LogP contribution in [0.3, 0.4) is 0 Å². The van der Waals surface area contributed by atoms with Crippen LogP contribution in [0.4, 0.5) is 5.82 Å². The first-order valence-corrected chi connectivity index (χ1v) is 9.02. The van der Waals surface area contributed by atoms with E-state index in [1.807, 2.05) is 48.5 Å². The van der Waals surface area contributed by atoms with E-state index in [0.29, 0.717) is 11.3 Å². The molecule has 0 unspecified atom stereocenters. The van der Waals surface area contributed by atoms with Gasteiger partial charge in [0, 0.05) is 5.56 Å². The van der Waals surface area contributed by atoms with E-state index < -0.39 is 0 Å². The average molecular weight is 407 g/mol. The van der Waals surface area contributed by atoms with E-state index in [9.17, 15) is 0 Å². The quantitative estimate of drug-likeness (QED) is 0.653. The Kier molecular flexibility index (Phi) is 4.55. The van der Waals surface area contributed by atoms with E-state index in [1.165, 1.54) is 0 Å². The van der Waals surface area contributed by atoms with Crippen LogP contribution >= 0.6 is 15.9 Å². The molecular weight excluding hydrogens is 392 g/mol. The van der Waals surface area contributed by atoms with Crippen LogP contribution in [0.25, 0.3) is 11.3 Å². The molecule has 0 atom stereocenters. The Hall–Kier alpha value is -2.91. The van der Waals surface area contributed by atoms with E-state index in [-0.39, 0.29) is 6.10 Å². The first-order chi connectivity index (χ1) is 12.7. The van der Waals surface area contributed by atoms with Gasteiger partial charge in [0.2, 0.25) is 0 Å². The minimum atomic E-state index is 0.0656. The Labute approximate surface area is 160 Å². The van der Waals surface area contributed by atoms with Gasteiger partial charge in [0.25, 0.3) is 0 Å². The molecule has 0 N–H and O–H groups in total. The van der Waals surface area contributed by atoms with Crippen molar-refractivity contribution in [3.05, 3.63) is 70.7 Å². The smallest absolute Gasteiger partial charge is 0.151 e. The molecule has 0 aliphatic carbocycles. The monoisotopic (exact) mass is 406 g/mol. The summed E-state index contributed by atoms with van der Waals surface area (Å²) in [5.74, 6) is 1.54. The van der Waals surface area contributed by atoms with Gasteiger partial charge in [0.05, 0.1) is 34.9 Å². The minimum Gasteiger partial charge on any atom is -0.485 e. The van der Waals surface area contributed by atoms with Gasteiger partial charge in [-0.3, -0.25) is 0 Å². The van der Waals surface area contributed by atoms with Crippen LogP contribution in [0.15, 0.2) is 65.1 Å². The highest BCUT2D eigenvalue weighted by atomic mass is 79.9. The second-order valence-electron chi connectivity index (χ2n) is 6.04. The van der Waals surface area contributed by atoms with Gasteiger partial charge in [-0.15, -0.1) is 10.2 Å². The van der Waals surface area contributed by atoms with Crippen molar-refractivity contribution in [3.8, 4) is 23.1 Å². The van der Waals surface area contributed by atoms with Crippen LogP contribution in [-0.4, -0.2) is 29.4 Å².